The van der Waals surface area contributed by atoms with Crippen molar-refractivity contribution in [1.82, 2.24) is 10.2 Å². The predicted molar refractivity (Wildman–Crippen MR) is 85.6 cm³/mol. The fourth-order valence-electron chi connectivity index (χ4n) is 2.33. The first-order valence-electron chi connectivity index (χ1n) is 6.22. The SMILES string of the molecule is Nc1n[nH]c(-c2ccc(Br)s2)c1-c1ccc2c(c1)OCO2. The monoisotopic (exact) mass is 363 g/mol. The van der Waals surface area contributed by atoms with Crippen LogP contribution in [-0.4, -0.2) is 17.0 Å². The highest BCUT2D eigenvalue weighted by Gasteiger charge is 2.20. The maximum atomic E-state index is 6.04. The molecule has 0 unspecified atom stereocenters. The van der Waals surface area contributed by atoms with Gasteiger partial charge in [0.2, 0.25) is 6.79 Å². The lowest BCUT2D eigenvalue weighted by Crippen LogP contribution is -1.92. The third-order valence-corrected chi connectivity index (χ3v) is 4.92. The summed E-state index contributed by atoms with van der Waals surface area (Å²) in [5.41, 5.74) is 8.77. The van der Waals surface area contributed by atoms with Gasteiger partial charge in [0.25, 0.3) is 0 Å². The molecular weight excluding hydrogens is 354 g/mol. The number of aromatic amines is 1. The number of nitrogens with one attached hydrogen (secondary N) is 1. The van der Waals surface area contributed by atoms with Gasteiger partial charge in [-0.3, -0.25) is 5.10 Å². The molecule has 0 atom stereocenters. The van der Waals surface area contributed by atoms with E-state index in [-0.39, 0.29) is 6.79 Å². The van der Waals surface area contributed by atoms with Crippen molar-refractivity contribution in [3.8, 4) is 33.2 Å². The Kier molecular flexibility index (Phi) is 2.90. The number of hydrogen-bond acceptors (Lipinski definition) is 5. The third kappa shape index (κ3) is 2.09. The molecule has 0 bridgehead atoms. The van der Waals surface area contributed by atoms with Crippen molar-refractivity contribution in [2.24, 2.45) is 0 Å². The number of anilines is 1. The second-order valence-electron chi connectivity index (χ2n) is 4.53. The van der Waals surface area contributed by atoms with Gasteiger partial charge in [-0.15, -0.1) is 11.3 Å². The van der Waals surface area contributed by atoms with Crippen LogP contribution >= 0.6 is 27.3 Å². The van der Waals surface area contributed by atoms with Crippen LogP contribution in [0.2, 0.25) is 0 Å². The summed E-state index contributed by atoms with van der Waals surface area (Å²) < 4.78 is 11.8. The fourth-order valence-corrected chi connectivity index (χ4v) is 3.71. The van der Waals surface area contributed by atoms with Crippen LogP contribution < -0.4 is 15.2 Å². The number of hydrogen-bond donors (Lipinski definition) is 2. The largest absolute Gasteiger partial charge is 0.454 e. The zero-order valence-corrected chi connectivity index (χ0v) is 13.1. The maximum Gasteiger partial charge on any atom is 0.231 e. The molecule has 0 saturated heterocycles. The Morgan fingerprint density at radius 2 is 2.05 bits per heavy atom. The minimum absolute atomic E-state index is 0.254. The van der Waals surface area contributed by atoms with E-state index in [1.807, 2.05) is 30.3 Å². The summed E-state index contributed by atoms with van der Waals surface area (Å²) in [6.45, 7) is 0.254. The molecule has 0 fully saturated rings. The molecule has 3 aromatic rings. The first-order valence-corrected chi connectivity index (χ1v) is 7.83. The molecule has 0 spiro atoms. The number of ether oxygens (including phenoxy) is 2. The maximum absolute atomic E-state index is 6.04. The van der Waals surface area contributed by atoms with Crippen LogP contribution in [0, 0.1) is 0 Å². The number of rotatable bonds is 2. The lowest BCUT2D eigenvalue weighted by molar-refractivity contribution is 0.174. The molecule has 0 amide bonds. The van der Waals surface area contributed by atoms with E-state index in [0.29, 0.717) is 5.82 Å². The Labute approximate surface area is 132 Å². The topological polar surface area (TPSA) is 73.2 Å². The molecule has 106 valence electrons. The predicted octanol–water partition coefficient (Wildman–Crippen LogP) is 3.88. The molecular formula is C14H10BrN3O2S. The van der Waals surface area contributed by atoms with E-state index in [0.717, 1.165) is 37.0 Å². The van der Waals surface area contributed by atoms with Gasteiger partial charge >= 0.3 is 0 Å². The lowest BCUT2D eigenvalue weighted by atomic mass is 10.0. The van der Waals surface area contributed by atoms with Gasteiger partial charge in [-0.05, 0) is 45.8 Å². The highest BCUT2D eigenvalue weighted by Crippen LogP contribution is 2.42. The number of nitrogens with zero attached hydrogens (tertiary/aromatic N) is 1. The summed E-state index contributed by atoms with van der Waals surface area (Å²) in [6, 6.07) is 9.80. The minimum atomic E-state index is 0.254. The van der Waals surface area contributed by atoms with Gasteiger partial charge in [-0.1, -0.05) is 6.07 Å². The van der Waals surface area contributed by atoms with E-state index in [9.17, 15) is 0 Å². The van der Waals surface area contributed by atoms with Crippen molar-refractivity contribution in [3.63, 3.8) is 0 Å². The average Bonchev–Trinajstić information content (AvgIpc) is 3.17. The molecule has 2 aromatic heterocycles. The molecule has 7 heteroatoms. The smallest absolute Gasteiger partial charge is 0.231 e. The summed E-state index contributed by atoms with van der Waals surface area (Å²) in [6.07, 6.45) is 0. The van der Waals surface area contributed by atoms with Crippen molar-refractivity contribution in [3.05, 3.63) is 34.1 Å². The highest BCUT2D eigenvalue weighted by molar-refractivity contribution is 9.11. The van der Waals surface area contributed by atoms with Crippen LogP contribution in [0.15, 0.2) is 34.1 Å². The molecule has 3 heterocycles. The standard InChI is InChI=1S/C14H10BrN3O2S/c15-11-4-3-10(21-11)13-12(14(16)18-17-13)7-1-2-8-9(5-7)20-6-19-8/h1-5H,6H2,(H3,16,17,18). The van der Waals surface area contributed by atoms with Crippen LogP contribution in [0.3, 0.4) is 0 Å². The molecule has 0 radical (unpaired) electrons. The molecule has 0 aliphatic carbocycles. The number of nitrogen functional groups attached to an aromatic ring is 1. The van der Waals surface area contributed by atoms with E-state index in [2.05, 4.69) is 26.1 Å². The second-order valence-corrected chi connectivity index (χ2v) is 6.99. The number of benzene rings is 1. The zero-order chi connectivity index (χ0) is 14.4. The van der Waals surface area contributed by atoms with Crippen LogP contribution in [-0.2, 0) is 0 Å². The third-order valence-electron chi connectivity index (χ3n) is 3.28. The molecule has 4 rings (SSSR count). The van der Waals surface area contributed by atoms with Gasteiger partial charge in [-0.25, -0.2) is 0 Å². The number of nitrogens with two attached hydrogens (primary N) is 1. The van der Waals surface area contributed by atoms with Crippen molar-refractivity contribution in [2.75, 3.05) is 12.5 Å². The Balaban J connectivity index is 1.87. The van der Waals surface area contributed by atoms with Crippen LogP contribution in [0.1, 0.15) is 0 Å². The molecule has 0 saturated carbocycles. The number of aromatic nitrogens is 2. The highest BCUT2D eigenvalue weighted by atomic mass is 79.9. The van der Waals surface area contributed by atoms with Gasteiger partial charge < -0.3 is 15.2 Å². The Hall–Kier alpha value is -1.99. The van der Waals surface area contributed by atoms with Crippen molar-refractivity contribution in [2.45, 2.75) is 0 Å². The van der Waals surface area contributed by atoms with Gasteiger partial charge in [-0.2, -0.15) is 5.10 Å². The number of H-pyrrole nitrogens is 1. The Morgan fingerprint density at radius 1 is 1.19 bits per heavy atom. The summed E-state index contributed by atoms with van der Waals surface area (Å²) in [5.74, 6) is 1.95. The number of thiophene rings is 1. The van der Waals surface area contributed by atoms with E-state index in [1.54, 1.807) is 11.3 Å². The summed E-state index contributed by atoms with van der Waals surface area (Å²) in [7, 11) is 0. The van der Waals surface area contributed by atoms with E-state index in [1.165, 1.54) is 0 Å². The molecule has 1 aliphatic heterocycles. The van der Waals surface area contributed by atoms with E-state index >= 15 is 0 Å². The fraction of sp³-hybridized carbons (Fsp3) is 0.0714. The number of fused-ring (bicyclic) bond motifs is 1. The first kappa shape index (κ1) is 12.7. The molecule has 1 aliphatic rings. The van der Waals surface area contributed by atoms with Crippen molar-refractivity contribution < 1.29 is 9.47 Å². The van der Waals surface area contributed by atoms with Gasteiger partial charge in [0.05, 0.1) is 19.9 Å². The average molecular weight is 364 g/mol. The van der Waals surface area contributed by atoms with Gasteiger partial charge in [0.1, 0.15) is 0 Å². The van der Waals surface area contributed by atoms with Gasteiger partial charge in [0.15, 0.2) is 17.3 Å². The summed E-state index contributed by atoms with van der Waals surface area (Å²) in [4.78, 5) is 1.07. The Morgan fingerprint density at radius 3 is 2.86 bits per heavy atom. The summed E-state index contributed by atoms with van der Waals surface area (Å²) >= 11 is 5.10. The molecule has 3 N–H and O–H groups in total. The van der Waals surface area contributed by atoms with Crippen LogP contribution in [0.25, 0.3) is 21.7 Å². The lowest BCUT2D eigenvalue weighted by Gasteiger charge is -2.04. The van der Waals surface area contributed by atoms with Crippen molar-refractivity contribution in [1.29, 1.82) is 0 Å². The Bertz CT molecular complexity index is 827. The zero-order valence-electron chi connectivity index (χ0n) is 10.7. The molecule has 21 heavy (non-hydrogen) atoms. The van der Waals surface area contributed by atoms with Crippen molar-refractivity contribution >= 4 is 33.1 Å². The van der Waals surface area contributed by atoms with Crippen LogP contribution in [0.5, 0.6) is 11.5 Å². The summed E-state index contributed by atoms with van der Waals surface area (Å²) in [5, 5.41) is 7.16. The first-order chi connectivity index (χ1) is 10.2. The quantitative estimate of drug-likeness (QED) is 0.724. The van der Waals surface area contributed by atoms with E-state index < -0.39 is 0 Å². The molecule has 5 nitrogen and oxygen atoms in total. The van der Waals surface area contributed by atoms with E-state index in [4.69, 9.17) is 15.2 Å². The van der Waals surface area contributed by atoms with Crippen LogP contribution in [0.4, 0.5) is 5.82 Å². The van der Waals surface area contributed by atoms with Gasteiger partial charge in [0, 0.05) is 0 Å². The molecule has 1 aromatic carbocycles. The normalized spacial score (nSPS) is 12.8. The number of halogens is 1. The minimum Gasteiger partial charge on any atom is -0.454 e. The second kappa shape index (κ2) is 4.78.